The van der Waals surface area contributed by atoms with E-state index in [2.05, 4.69) is 10.3 Å². The molecule has 3 N–H and O–H groups in total. The molecule has 19 heavy (non-hydrogen) atoms. The van der Waals surface area contributed by atoms with Crippen LogP contribution in [0.25, 0.3) is 0 Å². The zero-order chi connectivity index (χ0) is 14.0. The average molecular weight is 267 g/mol. The number of carbonyl (C=O) groups is 1. The average Bonchev–Trinajstić information content (AvgIpc) is 2.36. The lowest BCUT2D eigenvalue weighted by atomic mass is 10.2. The number of nitrogen functional groups attached to an aromatic ring is 1. The molecule has 0 unspecified atom stereocenters. The molecule has 0 aliphatic heterocycles. The van der Waals surface area contributed by atoms with E-state index >= 15 is 0 Å². The summed E-state index contributed by atoms with van der Waals surface area (Å²) < 4.78 is 39.0. The van der Waals surface area contributed by atoms with E-state index in [1.54, 1.807) is 0 Å². The minimum absolute atomic E-state index is 0.00614. The molecule has 4 nitrogen and oxygen atoms in total. The van der Waals surface area contributed by atoms with Crippen LogP contribution >= 0.6 is 0 Å². The molecule has 2 rings (SSSR count). The van der Waals surface area contributed by atoms with Crippen LogP contribution in [-0.2, 0) is 0 Å². The van der Waals surface area contributed by atoms with Crippen LogP contribution in [0.3, 0.4) is 0 Å². The Kier molecular flexibility index (Phi) is 3.37. The largest absolute Gasteiger partial charge is 0.398 e. The van der Waals surface area contributed by atoms with Crippen molar-refractivity contribution in [1.29, 1.82) is 0 Å². The lowest BCUT2D eigenvalue weighted by Crippen LogP contribution is -2.15. The number of pyridine rings is 1. The number of hydrogen-bond donors (Lipinski definition) is 2. The second-order valence-corrected chi connectivity index (χ2v) is 3.66. The van der Waals surface area contributed by atoms with Crippen molar-refractivity contribution in [1.82, 2.24) is 4.98 Å². The van der Waals surface area contributed by atoms with Gasteiger partial charge in [-0.1, -0.05) is 0 Å². The van der Waals surface area contributed by atoms with Crippen LogP contribution < -0.4 is 11.1 Å². The molecule has 0 saturated carbocycles. The predicted molar refractivity (Wildman–Crippen MR) is 62.9 cm³/mol. The summed E-state index contributed by atoms with van der Waals surface area (Å²) in [6, 6.07) is 2.28. The van der Waals surface area contributed by atoms with Gasteiger partial charge in [0.2, 0.25) is 0 Å². The summed E-state index contributed by atoms with van der Waals surface area (Å²) in [4.78, 5) is 15.5. The highest BCUT2D eigenvalue weighted by molar-refractivity contribution is 6.07. The van der Waals surface area contributed by atoms with E-state index in [4.69, 9.17) is 5.73 Å². The smallest absolute Gasteiger partial charge is 0.259 e. The third-order valence-corrected chi connectivity index (χ3v) is 2.36. The third-order valence-electron chi connectivity index (χ3n) is 2.36. The van der Waals surface area contributed by atoms with Crippen LogP contribution in [0.15, 0.2) is 30.6 Å². The van der Waals surface area contributed by atoms with E-state index < -0.39 is 29.0 Å². The molecule has 7 heteroatoms. The molecular weight excluding hydrogens is 259 g/mol. The number of halogens is 3. The number of benzene rings is 1. The number of amides is 1. The predicted octanol–water partition coefficient (Wildman–Crippen LogP) is 2.33. The van der Waals surface area contributed by atoms with Gasteiger partial charge < -0.3 is 11.1 Å². The van der Waals surface area contributed by atoms with Crippen LogP contribution in [0.5, 0.6) is 0 Å². The van der Waals surface area contributed by atoms with E-state index in [0.717, 1.165) is 0 Å². The summed E-state index contributed by atoms with van der Waals surface area (Å²) in [6.45, 7) is 0. The SMILES string of the molecule is Nc1ccncc1C(=O)Nc1cc(F)c(F)cc1F. The first-order chi connectivity index (χ1) is 8.99. The number of nitrogens with zero attached hydrogens (tertiary/aromatic N) is 1. The molecule has 0 bridgehead atoms. The summed E-state index contributed by atoms with van der Waals surface area (Å²) in [5.41, 5.74) is 5.20. The van der Waals surface area contributed by atoms with Crippen LogP contribution in [0.1, 0.15) is 10.4 Å². The summed E-state index contributed by atoms with van der Waals surface area (Å²) in [5, 5.41) is 2.09. The fraction of sp³-hybridized carbons (Fsp3) is 0. The van der Waals surface area contributed by atoms with Gasteiger partial charge in [0, 0.05) is 30.2 Å². The number of rotatable bonds is 2. The van der Waals surface area contributed by atoms with Crippen LogP contribution in [0, 0.1) is 17.5 Å². The van der Waals surface area contributed by atoms with Crippen molar-refractivity contribution in [2.45, 2.75) is 0 Å². The fourth-order valence-corrected chi connectivity index (χ4v) is 1.40. The minimum Gasteiger partial charge on any atom is -0.398 e. The van der Waals surface area contributed by atoms with Gasteiger partial charge in [0.1, 0.15) is 5.82 Å². The molecule has 0 fully saturated rings. The molecule has 1 amide bonds. The lowest BCUT2D eigenvalue weighted by Gasteiger charge is -2.08. The first-order valence-electron chi connectivity index (χ1n) is 5.14. The molecule has 1 aromatic carbocycles. The van der Waals surface area contributed by atoms with E-state index in [1.165, 1.54) is 18.5 Å². The quantitative estimate of drug-likeness (QED) is 0.820. The fourth-order valence-electron chi connectivity index (χ4n) is 1.40. The Hall–Kier alpha value is -2.57. The molecule has 1 aromatic heterocycles. The molecule has 0 spiro atoms. The Morgan fingerprint density at radius 2 is 1.84 bits per heavy atom. The van der Waals surface area contributed by atoms with E-state index in [0.29, 0.717) is 12.1 Å². The number of aromatic nitrogens is 1. The van der Waals surface area contributed by atoms with Crippen LogP contribution in [0.4, 0.5) is 24.5 Å². The van der Waals surface area contributed by atoms with Gasteiger partial charge in [-0.15, -0.1) is 0 Å². The maximum absolute atomic E-state index is 13.3. The highest BCUT2D eigenvalue weighted by Crippen LogP contribution is 2.20. The zero-order valence-electron chi connectivity index (χ0n) is 9.45. The van der Waals surface area contributed by atoms with E-state index in [9.17, 15) is 18.0 Å². The zero-order valence-corrected chi connectivity index (χ0v) is 9.45. The van der Waals surface area contributed by atoms with Gasteiger partial charge >= 0.3 is 0 Å². The van der Waals surface area contributed by atoms with Crippen molar-refractivity contribution in [3.05, 3.63) is 53.6 Å². The minimum atomic E-state index is -1.34. The number of nitrogens with one attached hydrogen (secondary N) is 1. The molecule has 98 valence electrons. The normalized spacial score (nSPS) is 10.3. The standard InChI is InChI=1S/C12H8F3N3O/c13-7-3-9(15)11(4-8(7)14)18-12(19)6-5-17-2-1-10(6)16/h1-5H,(H2,16,17)(H,18,19). The second-order valence-electron chi connectivity index (χ2n) is 3.66. The first kappa shape index (κ1) is 12.9. The van der Waals surface area contributed by atoms with Crippen molar-refractivity contribution >= 4 is 17.3 Å². The number of carbonyl (C=O) groups excluding carboxylic acids is 1. The molecule has 0 atom stereocenters. The Balaban J connectivity index is 2.30. The summed E-state index contributed by atoms with van der Waals surface area (Å²) >= 11 is 0. The van der Waals surface area contributed by atoms with E-state index in [-0.39, 0.29) is 11.3 Å². The number of nitrogens with two attached hydrogens (primary N) is 1. The van der Waals surface area contributed by atoms with Gasteiger partial charge in [-0.25, -0.2) is 13.2 Å². The third kappa shape index (κ3) is 2.65. The Morgan fingerprint density at radius 1 is 1.16 bits per heavy atom. The van der Waals surface area contributed by atoms with Crippen molar-refractivity contribution in [2.75, 3.05) is 11.1 Å². The Bertz CT molecular complexity index is 646. The highest BCUT2D eigenvalue weighted by Gasteiger charge is 2.15. The summed E-state index contributed by atoms with van der Waals surface area (Å²) in [5.74, 6) is -4.46. The van der Waals surface area contributed by atoms with Crippen molar-refractivity contribution in [2.24, 2.45) is 0 Å². The Labute approximate surface area is 106 Å². The van der Waals surface area contributed by atoms with Gasteiger partial charge in [0.25, 0.3) is 5.91 Å². The number of anilines is 2. The first-order valence-corrected chi connectivity index (χ1v) is 5.14. The second kappa shape index (κ2) is 4.97. The Morgan fingerprint density at radius 3 is 2.53 bits per heavy atom. The molecule has 0 aliphatic carbocycles. The lowest BCUT2D eigenvalue weighted by molar-refractivity contribution is 0.102. The monoisotopic (exact) mass is 267 g/mol. The molecule has 2 aromatic rings. The molecule has 0 saturated heterocycles. The van der Waals surface area contributed by atoms with Crippen LogP contribution in [0.2, 0.25) is 0 Å². The van der Waals surface area contributed by atoms with Gasteiger partial charge in [-0.2, -0.15) is 0 Å². The summed E-state index contributed by atoms with van der Waals surface area (Å²) in [7, 11) is 0. The van der Waals surface area contributed by atoms with Gasteiger partial charge in [0.05, 0.1) is 11.3 Å². The van der Waals surface area contributed by atoms with Gasteiger partial charge in [-0.3, -0.25) is 9.78 Å². The van der Waals surface area contributed by atoms with Crippen molar-refractivity contribution in [3.63, 3.8) is 0 Å². The maximum Gasteiger partial charge on any atom is 0.259 e. The number of hydrogen-bond acceptors (Lipinski definition) is 3. The molecule has 0 radical (unpaired) electrons. The van der Waals surface area contributed by atoms with E-state index in [1.807, 2.05) is 0 Å². The molecule has 0 aliphatic rings. The maximum atomic E-state index is 13.3. The molecular formula is C12H8F3N3O. The highest BCUT2D eigenvalue weighted by atomic mass is 19.2. The summed E-state index contributed by atoms with van der Waals surface area (Å²) in [6.07, 6.45) is 2.56. The topological polar surface area (TPSA) is 68.0 Å². The van der Waals surface area contributed by atoms with Crippen molar-refractivity contribution in [3.8, 4) is 0 Å². The van der Waals surface area contributed by atoms with Gasteiger partial charge in [-0.05, 0) is 6.07 Å². The molecule has 1 heterocycles. The van der Waals surface area contributed by atoms with Crippen LogP contribution in [-0.4, -0.2) is 10.9 Å². The van der Waals surface area contributed by atoms with Gasteiger partial charge in [0.15, 0.2) is 11.6 Å². The van der Waals surface area contributed by atoms with Crippen molar-refractivity contribution < 1.29 is 18.0 Å².